The van der Waals surface area contributed by atoms with E-state index in [1.165, 1.54) is 12.1 Å². The molecule has 0 atom stereocenters. The van der Waals surface area contributed by atoms with E-state index in [0.717, 1.165) is 18.5 Å². The molecule has 3 nitrogen and oxygen atoms in total. The number of aliphatic carboxylic acids is 1. The van der Waals surface area contributed by atoms with Gasteiger partial charge in [0, 0.05) is 19.3 Å². The van der Waals surface area contributed by atoms with Gasteiger partial charge >= 0.3 is 5.97 Å². The molecule has 0 heterocycles. The van der Waals surface area contributed by atoms with E-state index in [1.807, 2.05) is 11.9 Å². The fourth-order valence-corrected chi connectivity index (χ4v) is 1.93. The highest BCUT2D eigenvalue weighted by Gasteiger charge is 2.49. The summed E-state index contributed by atoms with van der Waals surface area (Å²) < 4.78 is 12.7. The first-order valence-electron chi connectivity index (χ1n) is 5.74. The van der Waals surface area contributed by atoms with Crippen molar-refractivity contribution in [3.63, 3.8) is 0 Å². The summed E-state index contributed by atoms with van der Waals surface area (Å²) >= 11 is 0. The maximum absolute atomic E-state index is 12.7. The molecule has 0 unspecified atom stereocenters. The van der Waals surface area contributed by atoms with Crippen LogP contribution in [0.2, 0.25) is 0 Å². The fourth-order valence-electron chi connectivity index (χ4n) is 1.93. The minimum Gasteiger partial charge on any atom is -0.481 e. The number of hydrogen-bond donors (Lipinski definition) is 1. The lowest BCUT2D eigenvalue weighted by Crippen LogP contribution is -2.25. The molecule has 1 fully saturated rings. The number of carboxylic acids is 1. The Morgan fingerprint density at radius 3 is 2.47 bits per heavy atom. The maximum atomic E-state index is 12.7. The van der Waals surface area contributed by atoms with Gasteiger partial charge in [0.1, 0.15) is 5.82 Å². The van der Waals surface area contributed by atoms with Crippen LogP contribution in [0, 0.1) is 11.2 Å². The van der Waals surface area contributed by atoms with E-state index in [-0.39, 0.29) is 5.82 Å². The lowest BCUT2D eigenvalue weighted by molar-refractivity contribution is -0.143. The summed E-state index contributed by atoms with van der Waals surface area (Å²) in [6.45, 7) is 0.679. The lowest BCUT2D eigenvalue weighted by atomic mass is 10.0. The highest BCUT2D eigenvalue weighted by atomic mass is 19.1. The quantitative estimate of drug-likeness (QED) is 0.855. The smallest absolute Gasteiger partial charge is 0.309 e. The van der Waals surface area contributed by atoms with Gasteiger partial charge in [-0.05, 0) is 43.5 Å². The zero-order chi connectivity index (χ0) is 12.5. The zero-order valence-electron chi connectivity index (χ0n) is 9.82. The van der Waals surface area contributed by atoms with E-state index >= 15 is 0 Å². The molecule has 0 saturated heterocycles. The molecule has 0 amide bonds. The lowest BCUT2D eigenvalue weighted by Gasteiger charge is -2.21. The zero-order valence-corrected chi connectivity index (χ0v) is 9.82. The Hall–Kier alpha value is -1.58. The van der Waals surface area contributed by atoms with Gasteiger partial charge in [-0.2, -0.15) is 0 Å². The topological polar surface area (TPSA) is 40.5 Å². The van der Waals surface area contributed by atoms with Gasteiger partial charge < -0.3 is 10.0 Å². The van der Waals surface area contributed by atoms with E-state index < -0.39 is 11.4 Å². The van der Waals surface area contributed by atoms with Crippen molar-refractivity contribution in [1.29, 1.82) is 0 Å². The van der Waals surface area contributed by atoms with Crippen molar-refractivity contribution in [3.8, 4) is 0 Å². The summed E-state index contributed by atoms with van der Waals surface area (Å²) in [6.07, 6.45) is 2.20. The summed E-state index contributed by atoms with van der Waals surface area (Å²) in [4.78, 5) is 13.0. The molecule has 4 heteroatoms. The SMILES string of the molecule is CN(CCC1(C(=O)O)CC1)c1ccc(F)cc1. The molecule has 1 aliphatic carbocycles. The van der Waals surface area contributed by atoms with Gasteiger partial charge in [0.25, 0.3) is 0 Å². The van der Waals surface area contributed by atoms with Crippen LogP contribution in [0.4, 0.5) is 10.1 Å². The number of anilines is 1. The Balaban J connectivity index is 1.91. The average molecular weight is 237 g/mol. The summed E-state index contributed by atoms with van der Waals surface area (Å²) in [6, 6.07) is 6.23. The molecule has 17 heavy (non-hydrogen) atoms. The van der Waals surface area contributed by atoms with Crippen molar-refractivity contribution < 1.29 is 14.3 Å². The Morgan fingerprint density at radius 1 is 1.41 bits per heavy atom. The Labute approximate surface area is 99.9 Å². The van der Waals surface area contributed by atoms with E-state index in [9.17, 15) is 9.18 Å². The van der Waals surface area contributed by atoms with Crippen LogP contribution < -0.4 is 4.90 Å². The van der Waals surface area contributed by atoms with Gasteiger partial charge in [0.05, 0.1) is 5.41 Å². The number of hydrogen-bond acceptors (Lipinski definition) is 2. The minimum absolute atomic E-state index is 0.258. The van der Waals surface area contributed by atoms with Crippen LogP contribution in [-0.2, 0) is 4.79 Å². The van der Waals surface area contributed by atoms with Gasteiger partial charge in [-0.3, -0.25) is 4.79 Å². The minimum atomic E-state index is -0.690. The van der Waals surface area contributed by atoms with Gasteiger partial charge in [-0.15, -0.1) is 0 Å². The highest BCUT2D eigenvalue weighted by Crippen LogP contribution is 2.49. The van der Waals surface area contributed by atoms with Crippen LogP contribution in [0.5, 0.6) is 0 Å². The van der Waals surface area contributed by atoms with E-state index in [4.69, 9.17) is 5.11 Å². The fraction of sp³-hybridized carbons (Fsp3) is 0.462. The molecule has 1 aromatic rings. The molecule has 0 bridgehead atoms. The second kappa shape index (κ2) is 4.35. The van der Waals surface area contributed by atoms with Crippen LogP contribution >= 0.6 is 0 Å². The monoisotopic (exact) mass is 237 g/mol. The largest absolute Gasteiger partial charge is 0.481 e. The van der Waals surface area contributed by atoms with Crippen LogP contribution in [-0.4, -0.2) is 24.7 Å². The summed E-state index contributed by atoms with van der Waals surface area (Å²) in [5.74, 6) is -0.948. The van der Waals surface area contributed by atoms with Crippen molar-refractivity contribution in [2.75, 3.05) is 18.5 Å². The van der Waals surface area contributed by atoms with Gasteiger partial charge in [-0.1, -0.05) is 0 Å². The molecule has 0 radical (unpaired) electrons. The molecule has 0 aromatic heterocycles. The molecule has 0 aliphatic heterocycles. The Bertz CT molecular complexity index is 412. The number of rotatable bonds is 5. The molecule has 1 aliphatic rings. The van der Waals surface area contributed by atoms with E-state index in [1.54, 1.807) is 12.1 Å². The molecule has 2 rings (SSSR count). The van der Waals surface area contributed by atoms with Crippen LogP contribution in [0.25, 0.3) is 0 Å². The molecular formula is C13H16FNO2. The molecular weight excluding hydrogens is 221 g/mol. The summed E-state index contributed by atoms with van der Waals surface area (Å²) in [5.41, 5.74) is 0.418. The summed E-state index contributed by atoms with van der Waals surface area (Å²) in [5, 5.41) is 9.06. The predicted octanol–water partition coefficient (Wildman–Crippen LogP) is 2.52. The summed E-state index contributed by atoms with van der Waals surface area (Å²) in [7, 11) is 1.89. The van der Waals surface area contributed by atoms with Crippen molar-refractivity contribution in [2.24, 2.45) is 5.41 Å². The maximum Gasteiger partial charge on any atom is 0.309 e. The molecule has 1 aromatic carbocycles. The Morgan fingerprint density at radius 2 is 2.00 bits per heavy atom. The first-order chi connectivity index (χ1) is 8.03. The second-order valence-corrected chi connectivity index (χ2v) is 4.73. The molecule has 0 spiro atoms. The Kier molecular flexibility index (Phi) is 3.05. The van der Waals surface area contributed by atoms with Crippen molar-refractivity contribution in [1.82, 2.24) is 0 Å². The van der Waals surface area contributed by atoms with Crippen molar-refractivity contribution in [3.05, 3.63) is 30.1 Å². The van der Waals surface area contributed by atoms with Crippen LogP contribution in [0.1, 0.15) is 19.3 Å². The van der Waals surface area contributed by atoms with Crippen molar-refractivity contribution in [2.45, 2.75) is 19.3 Å². The predicted molar refractivity (Wildman–Crippen MR) is 63.6 cm³/mol. The third-order valence-electron chi connectivity index (χ3n) is 3.50. The number of carbonyl (C=O) groups is 1. The first kappa shape index (κ1) is 11.9. The van der Waals surface area contributed by atoms with Gasteiger partial charge in [-0.25, -0.2) is 4.39 Å². The molecule has 1 N–H and O–H groups in total. The second-order valence-electron chi connectivity index (χ2n) is 4.73. The number of nitrogens with zero attached hydrogens (tertiary/aromatic N) is 1. The third-order valence-corrected chi connectivity index (χ3v) is 3.50. The number of halogens is 1. The number of carboxylic acid groups (broad SMARTS) is 1. The van der Waals surface area contributed by atoms with Gasteiger partial charge in [0.2, 0.25) is 0 Å². The van der Waals surface area contributed by atoms with Crippen LogP contribution in [0.3, 0.4) is 0 Å². The van der Waals surface area contributed by atoms with Gasteiger partial charge in [0.15, 0.2) is 0 Å². The molecule has 1 saturated carbocycles. The first-order valence-corrected chi connectivity index (χ1v) is 5.74. The van der Waals surface area contributed by atoms with E-state index in [0.29, 0.717) is 13.0 Å². The van der Waals surface area contributed by atoms with E-state index in [2.05, 4.69) is 0 Å². The van der Waals surface area contributed by atoms with Crippen molar-refractivity contribution >= 4 is 11.7 Å². The molecule has 92 valence electrons. The van der Waals surface area contributed by atoms with Crippen LogP contribution in [0.15, 0.2) is 24.3 Å². The highest BCUT2D eigenvalue weighted by molar-refractivity contribution is 5.77. The standard InChI is InChI=1S/C13H16FNO2/c1-15(11-4-2-10(14)3-5-11)9-8-13(6-7-13)12(16)17/h2-5H,6-9H2,1H3,(H,16,17). The number of benzene rings is 1. The average Bonchev–Trinajstić information content (AvgIpc) is 3.08. The normalized spacial score (nSPS) is 16.6. The third kappa shape index (κ3) is 2.57.